The van der Waals surface area contributed by atoms with Crippen molar-refractivity contribution in [1.82, 2.24) is 0 Å². The molecule has 0 spiro atoms. The average Bonchev–Trinajstić information content (AvgIpc) is 2.41. The van der Waals surface area contributed by atoms with Crippen LogP contribution >= 0.6 is 11.8 Å². The summed E-state index contributed by atoms with van der Waals surface area (Å²) >= 11 is 1.40. The number of thioether (sulfide) groups is 1. The van der Waals surface area contributed by atoms with Gasteiger partial charge in [0.25, 0.3) is 0 Å². The topological polar surface area (TPSA) is 35.2 Å². The van der Waals surface area contributed by atoms with Gasteiger partial charge in [-0.25, -0.2) is 8.78 Å². The van der Waals surface area contributed by atoms with Crippen molar-refractivity contribution < 1.29 is 13.5 Å². The van der Waals surface area contributed by atoms with Gasteiger partial charge in [0.15, 0.2) is 11.6 Å². The molecule has 2 aromatic carbocycles. The van der Waals surface area contributed by atoms with E-state index in [1.807, 2.05) is 6.07 Å². The van der Waals surface area contributed by atoms with Crippen molar-refractivity contribution in [2.45, 2.75) is 10.6 Å². The molecule has 5 heteroatoms. The van der Waals surface area contributed by atoms with Crippen molar-refractivity contribution >= 4 is 17.4 Å². The summed E-state index contributed by atoms with van der Waals surface area (Å²) in [5.74, 6) is -0.395. The minimum atomic E-state index is -0.839. The minimum absolute atomic E-state index is 0.592. The first kappa shape index (κ1) is 13.7. The second-order valence-electron chi connectivity index (χ2n) is 3.94. The molecule has 0 fully saturated rings. The van der Waals surface area contributed by atoms with Gasteiger partial charge in [-0.3, -0.25) is 0 Å². The number of anilines is 1. The van der Waals surface area contributed by atoms with E-state index >= 15 is 0 Å². The summed E-state index contributed by atoms with van der Waals surface area (Å²) < 4.78 is 31.1. The second-order valence-corrected chi connectivity index (χ2v) is 4.98. The van der Waals surface area contributed by atoms with Crippen LogP contribution in [0.2, 0.25) is 0 Å². The van der Waals surface area contributed by atoms with Crippen molar-refractivity contribution in [2.75, 3.05) is 12.8 Å². The van der Waals surface area contributed by atoms with E-state index in [9.17, 15) is 8.78 Å². The number of hydrogen-bond acceptors (Lipinski definition) is 3. The molecule has 0 atom stereocenters. The Morgan fingerprint density at radius 3 is 2.58 bits per heavy atom. The van der Waals surface area contributed by atoms with E-state index in [1.54, 1.807) is 25.3 Å². The molecule has 0 aromatic heterocycles. The fourth-order valence-corrected chi connectivity index (χ4v) is 2.52. The summed E-state index contributed by atoms with van der Waals surface area (Å²) in [5, 5.41) is 0. The largest absolute Gasteiger partial charge is 0.496 e. The molecular formula is C14H13F2NOS. The van der Waals surface area contributed by atoms with Crippen LogP contribution in [-0.2, 0) is 5.75 Å². The average molecular weight is 281 g/mol. The molecule has 0 saturated heterocycles. The zero-order valence-electron chi connectivity index (χ0n) is 10.3. The Labute approximate surface area is 114 Å². The highest BCUT2D eigenvalue weighted by atomic mass is 32.2. The maximum Gasteiger partial charge on any atom is 0.159 e. The number of hydrogen-bond donors (Lipinski definition) is 1. The van der Waals surface area contributed by atoms with Gasteiger partial charge in [0.2, 0.25) is 0 Å². The normalized spacial score (nSPS) is 10.5. The van der Waals surface area contributed by atoms with Gasteiger partial charge in [-0.2, -0.15) is 0 Å². The van der Waals surface area contributed by atoms with Gasteiger partial charge in [0, 0.05) is 28.0 Å². The third kappa shape index (κ3) is 3.38. The molecule has 0 bridgehead atoms. The number of ether oxygens (including phenoxy) is 1. The van der Waals surface area contributed by atoms with Crippen molar-refractivity contribution in [3.05, 3.63) is 53.6 Å². The fraction of sp³-hybridized carbons (Fsp3) is 0.143. The van der Waals surface area contributed by atoms with Crippen molar-refractivity contribution in [2.24, 2.45) is 0 Å². The Balaban J connectivity index is 2.12. The standard InChI is InChI=1S/C14H13F2NOS/c1-18-14-6-10(17)3-2-9(14)8-19-11-4-5-12(15)13(16)7-11/h2-7H,8,17H2,1H3. The Morgan fingerprint density at radius 2 is 1.89 bits per heavy atom. The molecule has 0 heterocycles. The fourth-order valence-electron chi connectivity index (χ4n) is 1.61. The molecule has 2 aromatic rings. The van der Waals surface area contributed by atoms with Crippen LogP contribution in [0, 0.1) is 11.6 Å². The predicted molar refractivity (Wildman–Crippen MR) is 73.3 cm³/mol. The smallest absolute Gasteiger partial charge is 0.159 e. The first-order valence-corrected chi connectivity index (χ1v) is 6.59. The zero-order chi connectivity index (χ0) is 13.8. The number of rotatable bonds is 4. The van der Waals surface area contributed by atoms with Crippen molar-refractivity contribution in [3.8, 4) is 5.75 Å². The molecular weight excluding hydrogens is 268 g/mol. The molecule has 0 amide bonds. The van der Waals surface area contributed by atoms with Crippen LogP contribution in [0.15, 0.2) is 41.3 Å². The van der Waals surface area contributed by atoms with Crippen molar-refractivity contribution in [3.63, 3.8) is 0 Å². The van der Waals surface area contributed by atoms with Gasteiger partial charge in [-0.1, -0.05) is 6.07 Å². The predicted octanol–water partition coefficient (Wildman–Crippen LogP) is 3.85. The van der Waals surface area contributed by atoms with Gasteiger partial charge in [-0.05, 0) is 24.3 Å². The Morgan fingerprint density at radius 1 is 1.11 bits per heavy atom. The molecule has 0 unspecified atom stereocenters. The summed E-state index contributed by atoms with van der Waals surface area (Å²) in [6, 6.07) is 9.24. The van der Waals surface area contributed by atoms with E-state index in [0.29, 0.717) is 22.1 Å². The highest BCUT2D eigenvalue weighted by Gasteiger charge is 2.06. The summed E-state index contributed by atoms with van der Waals surface area (Å²) in [6.07, 6.45) is 0. The van der Waals surface area contributed by atoms with Crippen LogP contribution in [0.5, 0.6) is 5.75 Å². The summed E-state index contributed by atoms with van der Waals surface area (Å²) in [6.45, 7) is 0. The molecule has 0 radical (unpaired) electrons. The third-order valence-corrected chi connectivity index (χ3v) is 3.64. The first-order chi connectivity index (χ1) is 9.10. The minimum Gasteiger partial charge on any atom is -0.496 e. The van der Waals surface area contributed by atoms with Crippen LogP contribution in [0.1, 0.15) is 5.56 Å². The van der Waals surface area contributed by atoms with E-state index in [4.69, 9.17) is 10.5 Å². The van der Waals surface area contributed by atoms with E-state index in [0.717, 1.165) is 11.6 Å². The number of benzene rings is 2. The maximum atomic E-state index is 13.1. The summed E-state index contributed by atoms with van der Waals surface area (Å²) in [7, 11) is 1.57. The number of nitrogen functional groups attached to an aromatic ring is 1. The monoisotopic (exact) mass is 281 g/mol. The Kier molecular flexibility index (Phi) is 4.27. The lowest BCUT2D eigenvalue weighted by Gasteiger charge is -2.09. The lowest BCUT2D eigenvalue weighted by atomic mass is 10.2. The molecule has 0 aliphatic rings. The van der Waals surface area contributed by atoms with Crippen LogP contribution in [0.3, 0.4) is 0 Å². The van der Waals surface area contributed by atoms with Gasteiger partial charge < -0.3 is 10.5 Å². The van der Waals surface area contributed by atoms with Crippen molar-refractivity contribution in [1.29, 1.82) is 0 Å². The molecule has 0 aliphatic heterocycles. The Bertz CT molecular complexity index is 590. The van der Waals surface area contributed by atoms with Crippen LogP contribution in [0.4, 0.5) is 14.5 Å². The molecule has 2 rings (SSSR count). The van der Waals surface area contributed by atoms with Gasteiger partial charge >= 0.3 is 0 Å². The van der Waals surface area contributed by atoms with Crippen LogP contribution in [0.25, 0.3) is 0 Å². The van der Waals surface area contributed by atoms with Crippen LogP contribution < -0.4 is 10.5 Å². The van der Waals surface area contributed by atoms with E-state index in [2.05, 4.69) is 0 Å². The molecule has 2 N–H and O–H groups in total. The van der Waals surface area contributed by atoms with Gasteiger partial charge in [-0.15, -0.1) is 11.8 Å². The van der Waals surface area contributed by atoms with Gasteiger partial charge in [0.1, 0.15) is 5.75 Å². The third-order valence-electron chi connectivity index (χ3n) is 2.60. The van der Waals surface area contributed by atoms with E-state index in [1.165, 1.54) is 17.8 Å². The Hall–Kier alpha value is -1.75. The van der Waals surface area contributed by atoms with Crippen LogP contribution in [-0.4, -0.2) is 7.11 Å². The first-order valence-electron chi connectivity index (χ1n) is 5.60. The molecule has 100 valence electrons. The zero-order valence-corrected chi connectivity index (χ0v) is 11.1. The lowest BCUT2D eigenvalue weighted by molar-refractivity contribution is 0.411. The highest BCUT2D eigenvalue weighted by Crippen LogP contribution is 2.29. The molecule has 0 aliphatic carbocycles. The maximum absolute atomic E-state index is 13.1. The number of halogens is 2. The second kappa shape index (κ2) is 5.93. The lowest BCUT2D eigenvalue weighted by Crippen LogP contribution is -1.93. The highest BCUT2D eigenvalue weighted by molar-refractivity contribution is 7.98. The number of nitrogens with two attached hydrogens (primary N) is 1. The quantitative estimate of drug-likeness (QED) is 0.683. The van der Waals surface area contributed by atoms with Gasteiger partial charge in [0.05, 0.1) is 7.11 Å². The molecule has 19 heavy (non-hydrogen) atoms. The summed E-state index contributed by atoms with van der Waals surface area (Å²) in [4.78, 5) is 0.665. The van der Waals surface area contributed by atoms with E-state index in [-0.39, 0.29) is 0 Å². The molecule has 2 nitrogen and oxygen atoms in total. The SMILES string of the molecule is COc1cc(N)ccc1CSc1ccc(F)c(F)c1. The molecule has 0 saturated carbocycles. The van der Waals surface area contributed by atoms with E-state index < -0.39 is 11.6 Å². The number of methoxy groups -OCH3 is 1. The summed E-state index contributed by atoms with van der Waals surface area (Å²) in [5.41, 5.74) is 7.24.